The van der Waals surface area contributed by atoms with Crippen molar-refractivity contribution in [1.29, 1.82) is 0 Å². The van der Waals surface area contributed by atoms with E-state index < -0.39 is 17.7 Å². The normalized spacial score (nSPS) is 16.6. The summed E-state index contributed by atoms with van der Waals surface area (Å²) in [5.74, 6) is -0.588. The van der Waals surface area contributed by atoms with Gasteiger partial charge in [0.2, 0.25) is 0 Å². The summed E-state index contributed by atoms with van der Waals surface area (Å²) in [6.07, 6.45) is 1.75. The minimum atomic E-state index is -0.878. The molecule has 5 nitrogen and oxygen atoms in total. The van der Waals surface area contributed by atoms with E-state index in [-0.39, 0.29) is 43.2 Å². The molecule has 1 aliphatic rings. The number of hydrogen-bond donors (Lipinski definition) is 3. The molecule has 0 aromatic heterocycles. The highest BCUT2D eigenvalue weighted by Gasteiger charge is 2.21. The van der Waals surface area contributed by atoms with Crippen LogP contribution in [0.25, 0.3) is 0 Å². The molecule has 26 heavy (non-hydrogen) atoms. The zero-order valence-electron chi connectivity index (χ0n) is 15.2. The summed E-state index contributed by atoms with van der Waals surface area (Å²) < 4.78 is 31.9. The molecule has 0 radical (unpaired) electrons. The molecule has 2 atom stereocenters. The fourth-order valence-corrected chi connectivity index (χ4v) is 2.29. The van der Waals surface area contributed by atoms with E-state index in [1.54, 1.807) is 0 Å². The molecule has 8 heteroatoms. The smallest absolute Gasteiger partial charge is 0.191 e. The molecule has 148 valence electrons. The van der Waals surface area contributed by atoms with E-state index >= 15 is 0 Å². The van der Waals surface area contributed by atoms with Gasteiger partial charge in [0.1, 0.15) is 0 Å². The molecule has 0 saturated heterocycles. The van der Waals surface area contributed by atoms with Crippen molar-refractivity contribution in [3.63, 3.8) is 0 Å². The van der Waals surface area contributed by atoms with Crippen LogP contribution in [0.15, 0.2) is 23.2 Å². The lowest BCUT2D eigenvalue weighted by molar-refractivity contribution is 0.0368. The Labute approximate surface area is 170 Å². The van der Waals surface area contributed by atoms with Gasteiger partial charge >= 0.3 is 0 Å². The molecule has 0 bridgehead atoms. The second-order valence-electron chi connectivity index (χ2n) is 6.39. The summed E-state index contributed by atoms with van der Waals surface area (Å²) >= 11 is 0. The van der Waals surface area contributed by atoms with E-state index in [1.807, 2.05) is 13.8 Å². The first-order chi connectivity index (χ1) is 12.0. The third-order valence-electron chi connectivity index (χ3n) is 3.96. The monoisotopic (exact) mass is 483 g/mol. The van der Waals surface area contributed by atoms with Gasteiger partial charge in [0.05, 0.1) is 25.3 Å². The van der Waals surface area contributed by atoms with Crippen LogP contribution in [0.2, 0.25) is 0 Å². The average Bonchev–Trinajstić information content (AvgIpc) is 3.39. The molecule has 0 aliphatic heterocycles. The second-order valence-corrected chi connectivity index (χ2v) is 6.39. The van der Waals surface area contributed by atoms with Gasteiger partial charge in [-0.15, -0.1) is 24.0 Å². The van der Waals surface area contributed by atoms with Crippen molar-refractivity contribution in [2.24, 2.45) is 10.9 Å². The minimum absolute atomic E-state index is 0. The van der Waals surface area contributed by atoms with E-state index in [0.29, 0.717) is 30.6 Å². The first-order valence-corrected chi connectivity index (χ1v) is 8.75. The van der Waals surface area contributed by atoms with Crippen molar-refractivity contribution in [1.82, 2.24) is 10.6 Å². The van der Waals surface area contributed by atoms with Gasteiger partial charge in [-0.2, -0.15) is 0 Å². The molecule has 1 aromatic carbocycles. The van der Waals surface area contributed by atoms with E-state index in [2.05, 4.69) is 15.6 Å². The Hall–Kier alpha value is -1.00. The van der Waals surface area contributed by atoms with Crippen molar-refractivity contribution in [3.05, 3.63) is 35.4 Å². The lowest BCUT2D eigenvalue weighted by atomic mass is 10.1. The maximum atomic E-state index is 13.4. The van der Waals surface area contributed by atoms with Crippen molar-refractivity contribution < 1.29 is 18.6 Å². The first-order valence-electron chi connectivity index (χ1n) is 8.75. The standard InChI is InChI=1S/C18H27F2N3O2.HI/c1-3-21-18(22-9-15(24)11-25-10-13-4-5-13)23-12(2)14-6-7-16(19)17(20)8-14;/h6-8,12-13,15,24H,3-5,9-11H2,1-2H3,(H2,21,22,23);1H. The Morgan fingerprint density at radius 1 is 1.35 bits per heavy atom. The zero-order chi connectivity index (χ0) is 18.2. The number of aliphatic imine (C=N–C) groups is 1. The van der Waals surface area contributed by atoms with Crippen molar-refractivity contribution >= 4 is 29.9 Å². The number of guanidine groups is 1. The Morgan fingerprint density at radius 2 is 2.08 bits per heavy atom. The number of halogens is 3. The van der Waals surface area contributed by atoms with E-state index in [4.69, 9.17) is 4.74 Å². The zero-order valence-corrected chi connectivity index (χ0v) is 17.5. The average molecular weight is 483 g/mol. The molecule has 1 aliphatic carbocycles. The predicted molar refractivity (Wildman–Crippen MR) is 109 cm³/mol. The fourth-order valence-electron chi connectivity index (χ4n) is 2.29. The van der Waals surface area contributed by atoms with Crippen molar-refractivity contribution in [2.75, 3.05) is 26.3 Å². The van der Waals surface area contributed by atoms with Gasteiger partial charge < -0.3 is 20.5 Å². The highest BCUT2D eigenvalue weighted by Crippen LogP contribution is 2.28. The number of nitrogens with one attached hydrogen (secondary N) is 2. The van der Waals surface area contributed by atoms with Crippen LogP contribution >= 0.6 is 24.0 Å². The lowest BCUT2D eigenvalue weighted by Crippen LogP contribution is -2.39. The molecule has 0 heterocycles. The van der Waals surface area contributed by atoms with Gasteiger partial charge in [0.15, 0.2) is 17.6 Å². The SMILES string of the molecule is CCNC(=NCC(O)COCC1CC1)NC(C)c1ccc(F)c(F)c1.I. The van der Waals surface area contributed by atoms with E-state index in [1.165, 1.54) is 18.9 Å². The van der Waals surface area contributed by atoms with Crippen molar-refractivity contribution in [2.45, 2.75) is 38.8 Å². The Kier molecular flexibility index (Phi) is 10.3. The van der Waals surface area contributed by atoms with Gasteiger partial charge in [-0.25, -0.2) is 8.78 Å². The Balaban J connectivity index is 0.00000338. The van der Waals surface area contributed by atoms with Crippen LogP contribution < -0.4 is 10.6 Å². The topological polar surface area (TPSA) is 65.9 Å². The lowest BCUT2D eigenvalue weighted by Gasteiger charge is -2.19. The molecule has 3 N–H and O–H groups in total. The molecular weight excluding hydrogens is 455 g/mol. The van der Waals surface area contributed by atoms with Gasteiger partial charge in [-0.05, 0) is 50.3 Å². The molecule has 1 aromatic rings. The first kappa shape index (κ1) is 23.0. The summed E-state index contributed by atoms with van der Waals surface area (Å²) in [7, 11) is 0. The van der Waals surface area contributed by atoms with Crippen LogP contribution in [0.4, 0.5) is 8.78 Å². The molecule has 2 rings (SSSR count). The number of nitrogens with zero attached hydrogens (tertiary/aromatic N) is 1. The maximum absolute atomic E-state index is 13.4. The van der Waals surface area contributed by atoms with Crippen LogP contribution in [0.1, 0.15) is 38.3 Å². The van der Waals surface area contributed by atoms with Crippen LogP contribution in [-0.4, -0.2) is 43.5 Å². The summed E-state index contributed by atoms with van der Waals surface area (Å²) in [6.45, 7) is 5.56. The Morgan fingerprint density at radius 3 is 2.69 bits per heavy atom. The summed E-state index contributed by atoms with van der Waals surface area (Å²) in [6, 6.07) is 3.53. The van der Waals surface area contributed by atoms with Crippen LogP contribution in [-0.2, 0) is 4.74 Å². The van der Waals surface area contributed by atoms with Gasteiger partial charge in [-0.3, -0.25) is 4.99 Å². The molecule has 2 unspecified atom stereocenters. The highest BCUT2D eigenvalue weighted by molar-refractivity contribution is 14.0. The number of benzene rings is 1. The second kappa shape index (κ2) is 11.7. The molecule has 0 spiro atoms. The third kappa shape index (κ3) is 8.13. The van der Waals surface area contributed by atoms with Crippen LogP contribution in [0.5, 0.6) is 0 Å². The van der Waals surface area contributed by atoms with Gasteiger partial charge in [0.25, 0.3) is 0 Å². The molecule has 1 fully saturated rings. The van der Waals surface area contributed by atoms with Gasteiger partial charge in [-0.1, -0.05) is 6.07 Å². The maximum Gasteiger partial charge on any atom is 0.191 e. The summed E-state index contributed by atoms with van der Waals surface area (Å²) in [5, 5.41) is 16.1. The quantitative estimate of drug-likeness (QED) is 0.287. The van der Waals surface area contributed by atoms with Crippen LogP contribution in [0, 0.1) is 17.6 Å². The number of rotatable bonds is 9. The largest absolute Gasteiger partial charge is 0.389 e. The van der Waals surface area contributed by atoms with Crippen molar-refractivity contribution in [3.8, 4) is 0 Å². The van der Waals surface area contributed by atoms with E-state index in [9.17, 15) is 13.9 Å². The number of ether oxygens (including phenoxy) is 1. The van der Waals surface area contributed by atoms with Crippen LogP contribution in [0.3, 0.4) is 0 Å². The van der Waals surface area contributed by atoms with E-state index in [0.717, 1.165) is 12.1 Å². The fraction of sp³-hybridized carbons (Fsp3) is 0.611. The summed E-state index contributed by atoms with van der Waals surface area (Å²) in [4.78, 5) is 4.33. The molecular formula is C18H28F2IN3O2. The Bertz CT molecular complexity index is 586. The minimum Gasteiger partial charge on any atom is -0.389 e. The molecule has 1 saturated carbocycles. The van der Waals surface area contributed by atoms with Gasteiger partial charge in [0, 0.05) is 13.2 Å². The molecule has 0 amide bonds. The number of hydrogen-bond acceptors (Lipinski definition) is 3. The third-order valence-corrected chi connectivity index (χ3v) is 3.96. The predicted octanol–water partition coefficient (Wildman–Crippen LogP) is 2.99. The highest BCUT2D eigenvalue weighted by atomic mass is 127. The number of aliphatic hydroxyl groups is 1. The summed E-state index contributed by atoms with van der Waals surface area (Å²) in [5.41, 5.74) is 0.609. The number of aliphatic hydroxyl groups excluding tert-OH is 1.